The molecule has 1 unspecified atom stereocenters. The second-order valence-electron chi connectivity index (χ2n) is 3.28. The van der Waals surface area contributed by atoms with Gasteiger partial charge in [0.2, 0.25) is 0 Å². The smallest absolute Gasteiger partial charge is 0.161 e. The molecule has 0 fully saturated rings. The predicted molar refractivity (Wildman–Crippen MR) is 54.8 cm³/mol. The van der Waals surface area contributed by atoms with Gasteiger partial charge in [-0.25, -0.2) is 0 Å². The normalized spacial score (nSPS) is 12.5. The van der Waals surface area contributed by atoms with Crippen LogP contribution in [0.1, 0.15) is 40.0 Å². The van der Waals surface area contributed by atoms with E-state index in [1.165, 1.54) is 0 Å². The van der Waals surface area contributed by atoms with Gasteiger partial charge in [-0.2, -0.15) is 0 Å². The van der Waals surface area contributed by atoms with E-state index < -0.39 is 0 Å². The van der Waals surface area contributed by atoms with Crippen molar-refractivity contribution in [2.45, 2.75) is 46.1 Å². The number of ether oxygens (including phenoxy) is 1. The number of rotatable bonds is 7. The maximum Gasteiger partial charge on any atom is 0.161 e. The van der Waals surface area contributed by atoms with Crippen LogP contribution in [-0.4, -0.2) is 18.5 Å². The van der Waals surface area contributed by atoms with Crippen molar-refractivity contribution in [2.24, 2.45) is 0 Å². The third-order valence-electron chi connectivity index (χ3n) is 1.90. The highest BCUT2D eigenvalue weighted by molar-refractivity contribution is 5.83. The van der Waals surface area contributed by atoms with Crippen LogP contribution in [0.3, 0.4) is 0 Å². The molecule has 0 N–H and O–H groups in total. The number of carbonyl (C=O) groups excluding carboxylic acids is 1. The molecule has 0 saturated carbocycles. The second kappa shape index (κ2) is 6.84. The number of hydrogen-bond donors (Lipinski definition) is 0. The van der Waals surface area contributed by atoms with Crippen LogP contribution in [0.25, 0.3) is 0 Å². The van der Waals surface area contributed by atoms with Crippen molar-refractivity contribution in [3.63, 3.8) is 0 Å². The largest absolute Gasteiger partial charge is 0.371 e. The van der Waals surface area contributed by atoms with Crippen molar-refractivity contribution < 1.29 is 9.53 Å². The average Bonchev–Trinajstić information content (AvgIpc) is 2.10. The highest BCUT2D eigenvalue weighted by atomic mass is 16.5. The molecule has 0 bridgehead atoms. The summed E-state index contributed by atoms with van der Waals surface area (Å²) in [5, 5.41) is 0. The summed E-state index contributed by atoms with van der Waals surface area (Å²) in [5.74, 6) is 0.201. The Labute approximate surface area is 81.0 Å². The number of hydrogen-bond acceptors (Lipinski definition) is 2. The molecule has 0 amide bonds. The molecular weight excluding hydrogens is 164 g/mol. The minimum absolute atomic E-state index is 0.201. The number of allylic oxidation sites excluding steroid dienone is 1. The maximum absolute atomic E-state index is 11.5. The third kappa shape index (κ3) is 5.58. The van der Waals surface area contributed by atoms with Crippen molar-refractivity contribution in [3.8, 4) is 0 Å². The van der Waals surface area contributed by atoms with Gasteiger partial charge in [0.05, 0.1) is 0 Å². The summed E-state index contributed by atoms with van der Waals surface area (Å²) in [6.45, 7) is 10.2. The third-order valence-corrected chi connectivity index (χ3v) is 1.90. The van der Waals surface area contributed by atoms with E-state index in [1.54, 1.807) is 0 Å². The van der Waals surface area contributed by atoms with Gasteiger partial charge < -0.3 is 4.74 Å². The van der Waals surface area contributed by atoms with Crippen LogP contribution >= 0.6 is 0 Å². The van der Waals surface area contributed by atoms with Crippen LogP contribution in [0.4, 0.5) is 0 Å². The minimum Gasteiger partial charge on any atom is -0.371 e. The van der Waals surface area contributed by atoms with E-state index in [-0.39, 0.29) is 11.9 Å². The first-order valence-corrected chi connectivity index (χ1v) is 4.90. The molecule has 0 aliphatic rings. The lowest BCUT2D eigenvalue weighted by Gasteiger charge is -2.13. The van der Waals surface area contributed by atoms with Crippen molar-refractivity contribution in [1.29, 1.82) is 0 Å². The summed E-state index contributed by atoms with van der Waals surface area (Å²) in [6, 6.07) is 0. The molecule has 0 aromatic carbocycles. The molecule has 0 aromatic heterocycles. The molecule has 2 nitrogen and oxygen atoms in total. The topological polar surface area (TPSA) is 26.3 Å². The molecule has 76 valence electrons. The monoisotopic (exact) mass is 184 g/mol. The van der Waals surface area contributed by atoms with Gasteiger partial charge in [-0.3, -0.25) is 4.79 Å². The fourth-order valence-corrected chi connectivity index (χ4v) is 1.14. The Morgan fingerprint density at radius 1 is 1.38 bits per heavy atom. The molecule has 0 saturated heterocycles. The van der Waals surface area contributed by atoms with E-state index in [9.17, 15) is 4.79 Å². The van der Waals surface area contributed by atoms with Gasteiger partial charge in [0.15, 0.2) is 5.78 Å². The van der Waals surface area contributed by atoms with Crippen molar-refractivity contribution in [1.82, 2.24) is 0 Å². The summed E-state index contributed by atoms with van der Waals surface area (Å²) < 4.78 is 5.31. The molecule has 0 radical (unpaired) electrons. The molecule has 13 heavy (non-hydrogen) atoms. The lowest BCUT2D eigenvalue weighted by molar-refractivity contribution is -0.130. The van der Waals surface area contributed by atoms with E-state index in [1.807, 2.05) is 20.8 Å². The number of Topliss-reactive ketones (excluding diaryl/α,β-unsaturated/α-hetero) is 1. The summed E-state index contributed by atoms with van der Waals surface area (Å²) in [4.78, 5) is 11.5. The van der Waals surface area contributed by atoms with Crippen LogP contribution in [0, 0.1) is 0 Å². The Kier molecular flexibility index (Phi) is 6.51. The quantitative estimate of drug-likeness (QED) is 0.569. The van der Waals surface area contributed by atoms with Crippen molar-refractivity contribution >= 4 is 5.78 Å². The van der Waals surface area contributed by atoms with Crippen LogP contribution in [0.2, 0.25) is 0 Å². The Morgan fingerprint density at radius 2 is 2.00 bits per heavy atom. The lowest BCUT2D eigenvalue weighted by Crippen LogP contribution is -2.23. The predicted octanol–water partition coefficient (Wildman–Crippen LogP) is 2.73. The van der Waals surface area contributed by atoms with E-state index >= 15 is 0 Å². The number of ketones is 1. The van der Waals surface area contributed by atoms with Crippen LogP contribution in [-0.2, 0) is 9.53 Å². The standard InChI is InChI=1S/C11H20O2/c1-5-11(13-6-2)10(12)8-7-9(3)4/h11H,3,5-8H2,1-2,4H3. The fraction of sp³-hybridized carbons (Fsp3) is 0.727. The van der Waals surface area contributed by atoms with Gasteiger partial charge >= 0.3 is 0 Å². The van der Waals surface area contributed by atoms with Gasteiger partial charge in [-0.1, -0.05) is 12.5 Å². The summed E-state index contributed by atoms with van der Waals surface area (Å²) in [6.07, 6.45) is 1.91. The second-order valence-corrected chi connectivity index (χ2v) is 3.28. The Bertz CT molecular complexity index is 173. The first-order valence-electron chi connectivity index (χ1n) is 4.90. The zero-order chi connectivity index (χ0) is 10.3. The minimum atomic E-state index is -0.204. The Morgan fingerprint density at radius 3 is 2.38 bits per heavy atom. The van der Waals surface area contributed by atoms with Crippen molar-refractivity contribution in [3.05, 3.63) is 12.2 Å². The summed E-state index contributed by atoms with van der Waals surface area (Å²) in [5.41, 5.74) is 1.06. The Hall–Kier alpha value is -0.630. The molecule has 0 rings (SSSR count). The highest BCUT2D eigenvalue weighted by Gasteiger charge is 2.15. The van der Waals surface area contributed by atoms with Gasteiger partial charge in [-0.15, -0.1) is 6.58 Å². The van der Waals surface area contributed by atoms with E-state index in [0.29, 0.717) is 13.0 Å². The van der Waals surface area contributed by atoms with Crippen LogP contribution in [0.15, 0.2) is 12.2 Å². The first-order chi connectivity index (χ1) is 6.11. The molecular formula is C11H20O2. The molecule has 0 aromatic rings. The first kappa shape index (κ1) is 12.4. The van der Waals surface area contributed by atoms with E-state index in [2.05, 4.69) is 6.58 Å². The summed E-state index contributed by atoms with van der Waals surface area (Å²) >= 11 is 0. The molecule has 0 heterocycles. The van der Waals surface area contributed by atoms with Crippen LogP contribution in [0.5, 0.6) is 0 Å². The van der Waals surface area contributed by atoms with Crippen LogP contribution < -0.4 is 0 Å². The number of carbonyl (C=O) groups is 1. The van der Waals surface area contributed by atoms with E-state index in [0.717, 1.165) is 18.4 Å². The lowest BCUT2D eigenvalue weighted by atomic mass is 10.1. The average molecular weight is 184 g/mol. The van der Waals surface area contributed by atoms with Gasteiger partial charge in [-0.05, 0) is 26.7 Å². The van der Waals surface area contributed by atoms with E-state index in [4.69, 9.17) is 4.74 Å². The van der Waals surface area contributed by atoms with Crippen molar-refractivity contribution in [2.75, 3.05) is 6.61 Å². The molecule has 1 atom stereocenters. The zero-order valence-corrected chi connectivity index (χ0v) is 8.93. The molecule has 0 spiro atoms. The van der Waals surface area contributed by atoms with Gasteiger partial charge in [0.1, 0.15) is 6.10 Å². The molecule has 0 aliphatic carbocycles. The van der Waals surface area contributed by atoms with Gasteiger partial charge in [0, 0.05) is 13.0 Å². The van der Waals surface area contributed by atoms with Gasteiger partial charge in [0.25, 0.3) is 0 Å². The zero-order valence-electron chi connectivity index (χ0n) is 8.93. The summed E-state index contributed by atoms with van der Waals surface area (Å²) in [7, 11) is 0. The highest BCUT2D eigenvalue weighted by Crippen LogP contribution is 2.08. The SMILES string of the molecule is C=C(C)CCC(=O)C(CC)OCC. The maximum atomic E-state index is 11.5. The molecule has 0 aliphatic heterocycles. The Balaban J connectivity index is 3.84. The molecule has 2 heteroatoms. The fourth-order valence-electron chi connectivity index (χ4n) is 1.14.